The van der Waals surface area contributed by atoms with Crippen LogP contribution >= 0.6 is 0 Å². The number of nitrogens with two attached hydrogens (primary N) is 1. The first-order chi connectivity index (χ1) is 8.09. The summed E-state index contributed by atoms with van der Waals surface area (Å²) in [5, 5.41) is 4.19. The molecule has 1 aromatic carbocycles. The maximum absolute atomic E-state index is 11.2. The number of benzene rings is 1. The Morgan fingerprint density at radius 2 is 2.00 bits per heavy atom. The van der Waals surface area contributed by atoms with Crippen molar-refractivity contribution < 1.29 is 4.79 Å². The zero-order valence-electron chi connectivity index (χ0n) is 9.66. The van der Waals surface area contributed by atoms with Gasteiger partial charge in [-0.3, -0.25) is 9.69 Å². The molecule has 0 unspecified atom stereocenters. The zero-order chi connectivity index (χ0) is 12.4. The smallest absolute Gasteiger partial charge is 0.253 e. The van der Waals surface area contributed by atoms with E-state index in [1.54, 1.807) is 7.05 Å². The van der Waals surface area contributed by atoms with Gasteiger partial charge in [-0.2, -0.15) is 9.67 Å². The number of aromatic nitrogens is 3. The van der Waals surface area contributed by atoms with Gasteiger partial charge in [0, 0.05) is 14.0 Å². The Balaban J connectivity index is 2.41. The van der Waals surface area contributed by atoms with Crippen LogP contribution in [0.2, 0.25) is 0 Å². The molecule has 0 atom stereocenters. The summed E-state index contributed by atoms with van der Waals surface area (Å²) in [5.74, 6) is 0.397. The lowest BCUT2D eigenvalue weighted by atomic mass is 10.3. The zero-order valence-corrected chi connectivity index (χ0v) is 9.66. The molecular weight excluding hydrogens is 218 g/mol. The second-order valence-electron chi connectivity index (χ2n) is 3.60. The van der Waals surface area contributed by atoms with Gasteiger partial charge in [0.15, 0.2) is 0 Å². The van der Waals surface area contributed by atoms with Crippen LogP contribution in [0.4, 0.5) is 11.9 Å². The molecule has 17 heavy (non-hydrogen) atoms. The summed E-state index contributed by atoms with van der Waals surface area (Å²) in [4.78, 5) is 16.6. The van der Waals surface area contributed by atoms with E-state index in [1.807, 2.05) is 30.3 Å². The Kier molecular flexibility index (Phi) is 2.78. The molecule has 0 saturated carbocycles. The van der Waals surface area contributed by atoms with E-state index in [9.17, 15) is 4.79 Å². The molecule has 88 valence electrons. The van der Waals surface area contributed by atoms with Crippen LogP contribution in [-0.2, 0) is 4.79 Å². The highest BCUT2D eigenvalue weighted by atomic mass is 16.2. The molecule has 2 N–H and O–H groups in total. The molecule has 0 saturated heterocycles. The fourth-order valence-corrected chi connectivity index (χ4v) is 1.35. The molecule has 0 aliphatic carbocycles. The summed E-state index contributed by atoms with van der Waals surface area (Å²) in [6, 6.07) is 9.39. The number of carbonyl (C=O) groups excluding carboxylic acids is 1. The quantitative estimate of drug-likeness (QED) is 0.830. The highest BCUT2D eigenvalue weighted by Crippen LogP contribution is 2.15. The topological polar surface area (TPSA) is 77.0 Å². The van der Waals surface area contributed by atoms with Crippen molar-refractivity contribution in [3.63, 3.8) is 0 Å². The lowest BCUT2D eigenvalue weighted by molar-refractivity contribution is -0.116. The molecule has 2 rings (SSSR count). The molecule has 0 bridgehead atoms. The van der Waals surface area contributed by atoms with Crippen LogP contribution in [0.1, 0.15) is 6.92 Å². The lowest BCUT2D eigenvalue weighted by Gasteiger charge is -2.08. The summed E-state index contributed by atoms with van der Waals surface area (Å²) in [6.45, 7) is 1.44. The van der Waals surface area contributed by atoms with E-state index in [-0.39, 0.29) is 11.9 Å². The number of para-hydroxylation sites is 1. The molecule has 2 aromatic rings. The van der Waals surface area contributed by atoms with Gasteiger partial charge < -0.3 is 5.73 Å². The van der Waals surface area contributed by atoms with E-state index < -0.39 is 0 Å². The van der Waals surface area contributed by atoms with E-state index in [0.717, 1.165) is 5.69 Å². The number of anilines is 2. The third-order valence-electron chi connectivity index (χ3n) is 2.39. The van der Waals surface area contributed by atoms with Gasteiger partial charge in [-0.05, 0) is 12.1 Å². The maximum Gasteiger partial charge on any atom is 0.253 e. The van der Waals surface area contributed by atoms with Crippen molar-refractivity contribution in [3.8, 4) is 5.69 Å². The Morgan fingerprint density at radius 1 is 1.35 bits per heavy atom. The number of nitrogen functional groups attached to an aromatic ring is 1. The van der Waals surface area contributed by atoms with Crippen LogP contribution in [0.5, 0.6) is 0 Å². The molecule has 1 aromatic heterocycles. The first-order valence-electron chi connectivity index (χ1n) is 5.12. The molecule has 1 heterocycles. The van der Waals surface area contributed by atoms with Crippen LogP contribution in [-0.4, -0.2) is 27.7 Å². The molecule has 0 spiro atoms. The minimum atomic E-state index is -0.143. The second kappa shape index (κ2) is 4.25. The van der Waals surface area contributed by atoms with Crippen molar-refractivity contribution in [2.45, 2.75) is 6.92 Å². The number of hydrogen-bond donors (Lipinski definition) is 1. The van der Waals surface area contributed by atoms with Crippen LogP contribution in [0, 0.1) is 0 Å². The first-order valence-corrected chi connectivity index (χ1v) is 5.12. The lowest BCUT2D eigenvalue weighted by Crippen LogP contribution is -2.24. The summed E-state index contributed by atoms with van der Waals surface area (Å²) in [6.07, 6.45) is 0. The summed E-state index contributed by atoms with van der Waals surface area (Å²) in [5.41, 5.74) is 6.57. The fourth-order valence-electron chi connectivity index (χ4n) is 1.35. The Bertz CT molecular complexity index is 534. The van der Waals surface area contributed by atoms with Gasteiger partial charge in [0.05, 0.1) is 5.69 Å². The minimum absolute atomic E-state index is 0.143. The van der Waals surface area contributed by atoms with E-state index in [1.165, 1.54) is 16.5 Å². The van der Waals surface area contributed by atoms with Gasteiger partial charge in [-0.15, -0.1) is 5.10 Å². The molecule has 0 aliphatic heterocycles. The monoisotopic (exact) mass is 231 g/mol. The molecule has 0 aliphatic rings. The third kappa shape index (κ3) is 2.10. The predicted octanol–water partition coefficient (Wildman–Crippen LogP) is 0.832. The number of nitrogens with zero attached hydrogens (tertiary/aromatic N) is 4. The van der Waals surface area contributed by atoms with Crippen molar-refractivity contribution in [1.82, 2.24) is 14.8 Å². The fraction of sp³-hybridized carbons (Fsp3) is 0.182. The van der Waals surface area contributed by atoms with Crippen molar-refractivity contribution in [2.75, 3.05) is 17.7 Å². The number of amides is 1. The molecular formula is C11H13N5O. The van der Waals surface area contributed by atoms with Gasteiger partial charge in [0.2, 0.25) is 11.9 Å². The molecule has 1 amide bonds. The SMILES string of the molecule is CC(=O)N(C)c1nc(N)n(-c2ccccc2)n1. The Labute approximate surface area is 98.7 Å². The van der Waals surface area contributed by atoms with Crippen molar-refractivity contribution in [3.05, 3.63) is 30.3 Å². The van der Waals surface area contributed by atoms with Crippen molar-refractivity contribution >= 4 is 17.8 Å². The van der Waals surface area contributed by atoms with E-state index in [0.29, 0.717) is 5.95 Å². The Hall–Kier alpha value is -2.37. The van der Waals surface area contributed by atoms with Crippen LogP contribution < -0.4 is 10.6 Å². The molecule has 0 radical (unpaired) electrons. The van der Waals surface area contributed by atoms with Crippen LogP contribution in [0.15, 0.2) is 30.3 Å². The molecule has 6 nitrogen and oxygen atoms in total. The van der Waals surface area contributed by atoms with Crippen LogP contribution in [0.3, 0.4) is 0 Å². The highest BCUT2D eigenvalue weighted by Gasteiger charge is 2.14. The first kappa shape index (κ1) is 11.1. The normalized spacial score (nSPS) is 10.2. The van der Waals surface area contributed by atoms with Crippen LogP contribution in [0.25, 0.3) is 5.69 Å². The second-order valence-corrected chi connectivity index (χ2v) is 3.60. The van der Waals surface area contributed by atoms with E-state index in [4.69, 9.17) is 5.73 Å². The number of carbonyl (C=O) groups is 1. The van der Waals surface area contributed by atoms with Gasteiger partial charge >= 0.3 is 0 Å². The van der Waals surface area contributed by atoms with E-state index >= 15 is 0 Å². The van der Waals surface area contributed by atoms with Crippen molar-refractivity contribution in [1.29, 1.82) is 0 Å². The standard InChI is InChI=1S/C11H13N5O/c1-8(17)15(2)11-13-10(12)16(14-11)9-6-4-3-5-7-9/h3-7H,1-2H3,(H2,12,13,14). The highest BCUT2D eigenvalue weighted by molar-refractivity contribution is 5.88. The number of hydrogen-bond acceptors (Lipinski definition) is 4. The van der Waals surface area contributed by atoms with Gasteiger partial charge in [-0.25, -0.2) is 0 Å². The minimum Gasteiger partial charge on any atom is -0.368 e. The summed E-state index contributed by atoms with van der Waals surface area (Å²) < 4.78 is 1.49. The van der Waals surface area contributed by atoms with E-state index in [2.05, 4.69) is 10.1 Å². The third-order valence-corrected chi connectivity index (χ3v) is 2.39. The van der Waals surface area contributed by atoms with Crippen molar-refractivity contribution in [2.24, 2.45) is 0 Å². The molecule has 6 heteroatoms. The summed E-state index contributed by atoms with van der Waals surface area (Å²) in [7, 11) is 1.60. The summed E-state index contributed by atoms with van der Waals surface area (Å²) >= 11 is 0. The maximum atomic E-state index is 11.2. The average Bonchev–Trinajstić information content (AvgIpc) is 2.71. The number of rotatable bonds is 2. The van der Waals surface area contributed by atoms with Gasteiger partial charge in [0.1, 0.15) is 0 Å². The van der Waals surface area contributed by atoms with Gasteiger partial charge in [-0.1, -0.05) is 18.2 Å². The largest absolute Gasteiger partial charge is 0.368 e. The molecule has 0 fully saturated rings. The van der Waals surface area contributed by atoms with Gasteiger partial charge in [0.25, 0.3) is 5.95 Å². The Morgan fingerprint density at radius 3 is 2.59 bits per heavy atom. The predicted molar refractivity (Wildman–Crippen MR) is 64.9 cm³/mol. The average molecular weight is 231 g/mol.